The van der Waals surface area contributed by atoms with Crippen molar-refractivity contribution in [2.45, 2.75) is 38.5 Å². The highest BCUT2D eigenvalue weighted by atomic mass is 16.3. The van der Waals surface area contributed by atoms with Gasteiger partial charge in [0, 0.05) is 6.04 Å². The van der Waals surface area contributed by atoms with Crippen LogP contribution >= 0.6 is 0 Å². The fourth-order valence-electron chi connectivity index (χ4n) is 2.69. The molecule has 2 heteroatoms. The highest BCUT2D eigenvalue weighted by Crippen LogP contribution is 2.34. The van der Waals surface area contributed by atoms with Crippen LogP contribution in [0.1, 0.15) is 43.5 Å². The Hall–Kier alpha value is -1.64. The first-order valence-corrected chi connectivity index (χ1v) is 7.65. The largest absolute Gasteiger partial charge is 0.386 e. The zero-order valence-electron chi connectivity index (χ0n) is 13.1. The number of aliphatic hydroxyl groups excluding tert-OH is 1. The molecule has 2 nitrogen and oxygen atoms in total. The average molecular weight is 283 g/mol. The minimum absolute atomic E-state index is 0.0384. The minimum atomic E-state index is -0.535. The van der Waals surface area contributed by atoms with E-state index < -0.39 is 6.10 Å². The fourth-order valence-corrected chi connectivity index (χ4v) is 2.69. The number of aliphatic hydroxyl groups is 1. The molecule has 0 aliphatic rings. The summed E-state index contributed by atoms with van der Waals surface area (Å²) in [5.41, 5.74) is 2.11. The second-order valence-electron chi connectivity index (χ2n) is 5.63. The van der Waals surface area contributed by atoms with Crippen molar-refractivity contribution in [2.75, 3.05) is 7.05 Å². The van der Waals surface area contributed by atoms with Gasteiger partial charge in [0.1, 0.15) is 0 Å². The van der Waals surface area contributed by atoms with Crippen LogP contribution in [0.15, 0.2) is 60.7 Å². The molecular weight excluding hydrogens is 258 g/mol. The van der Waals surface area contributed by atoms with Gasteiger partial charge in [-0.15, -0.1) is 0 Å². The maximum absolute atomic E-state index is 10.9. The highest BCUT2D eigenvalue weighted by Gasteiger charge is 2.28. The predicted octanol–water partition coefficient (Wildman–Crippen LogP) is 4.19. The summed E-state index contributed by atoms with van der Waals surface area (Å²) in [7, 11) is 2.10. The van der Waals surface area contributed by atoms with E-state index in [1.165, 1.54) is 0 Å². The first-order valence-electron chi connectivity index (χ1n) is 7.65. The van der Waals surface area contributed by atoms with Gasteiger partial charge in [-0.2, -0.15) is 0 Å². The van der Waals surface area contributed by atoms with Gasteiger partial charge < -0.3 is 5.11 Å². The molecule has 0 spiro atoms. The monoisotopic (exact) mass is 283 g/mol. The van der Waals surface area contributed by atoms with Gasteiger partial charge in [-0.05, 0) is 31.5 Å². The normalized spacial score (nSPS) is 15.7. The summed E-state index contributed by atoms with van der Waals surface area (Å²) in [4.78, 5) is 2.27. The van der Waals surface area contributed by atoms with Crippen LogP contribution in [0.25, 0.3) is 0 Å². The Balaban J connectivity index is 2.36. The van der Waals surface area contributed by atoms with E-state index in [-0.39, 0.29) is 6.04 Å². The van der Waals surface area contributed by atoms with Gasteiger partial charge in [-0.3, -0.25) is 4.90 Å². The van der Waals surface area contributed by atoms with Crippen molar-refractivity contribution in [2.24, 2.45) is 0 Å². The fraction of sp³-hybridized carbons (Fsp3) is 0.368. The van der Waals surface area contributed by atoms with Gasteiger partial charge in [-0.1, -0.05) is 67.6 Å². The molecule has 0 aliphatic heterocycles. The molecule has 0 saturated carbocycles. The third-order valence-electron chi connectivity index (χ3n) is 4.31. The summed E-state index contributed by atoms with van der Waals surface area (Å²) < 4.78 is 0. The van der Waals surface area contributed by atoms with Crippen LogP contribution in [-0.2, 0) is 0 Å². The van der Waals surface area contributed by atoms with Crippen LogP contribution < -0.4 is 0 Å². The third-order valence-corrected chi connectivity index (χ3v) is 4.31. The maximum Gasteiger partial charge on any atom is 0.0986 e. The van der Waals surface area contributed by atoms with Crippen LogP contribution in [0.3, 0.4) is 0 Å². The predicted molar refractivity (Wildman–Crippen MR) is 88.1 cm³/mol. The van der Waals surface area contributed by atoms with Crippen molar-refractivity contribution in [3.63, 3.8) is 0 Å². The zero-order valence-corrected chi connectivity index (χ0v) is 13.1. The lowest BCUT2D eigenvalue weighted by Gasteiger charge is -2.36. The number of benzene rings is 2. The van der Waals surface area contributed by atoms with Gasteiger partial charge in [0.25, 0.3) is 0 Å². The molecule has 112 valence electrons. The molecular formula is C19H25NO. The molecule has 0 amide bonds. The van der Waals surface area contributed by atoms with E-state index in [1.807, 2.05) is 48.5 Å². The number of rotatable bonds is 6. The topological polar surface area (TPSA) is 23.5 Å². The van der Waals surface area contributed by atoms with E-state index in [4.69, 9.17) is 0 Å². The van der Waals surface area contributed by atoms with Gasteiger partial charge in [-0.25, -0.2) is 0 Å². The second-order valence-corrected chi connectivity index (χ2v) is 5.63. The van der Waals surface area contributed by atoms with Crippen molar-refractivity contribution in [3.8, 4) is 0 Å². The summed E-state index contributed by atoms with van der Waals surface area (Å²) in [6.45, 7) is 4.38. The standard InChI is InChI=1S/C19H25NO/c1-4-15(2)20(3)18(16-11-7-5-8-12-16)19(21)17-13-9-6-10-14-17/h5-15,18-19,21H,4H2,1-3H3. The molecule has 0 heterocycles. The van der Waals surface area contributed by atoms with Crippen LogP contribution in [0.2, 0.25) is 0 Å². The molecule has 0 aliphatic carbocycles. The molecule has 3 atom stereocenters. The van der Waals surface area contributed by atoms with Gasteiger partial charge in [0.05, 0.1) is 12.1 Å². The lowest BCUT2D eigenvalue weighted by atomic mass is 9.93. The Bertz CT molecular complexity index is 526. The first-order chi connectivity index (χ1) is 10.1. The van der Waals surface area contributed by atoms with Crippen LogP contribution in [0.4, 0.5) is 0 Å². The van der Waals surface area contributed by atoms with Crippen molar-refractivity contribution in [1.29, 1.82) is 0 Å². The molecule has 3 unspecified atom stereocenters. The Labute approximate surface area is 128 Å². The molecule has 2 aromatic carbocycles. The molecule has 0 saturated heterocycles. The molecule has 0 aromatic heterocycles. The zero-order chi connectivity index (χ0) is 15.2. The van der Waals surface area contributed by atoms with Gasteiger partial charge >= 0.3 is 0 Å². The third kappa shape index (κ3) is 3.72. The summed E-state index contributed by atoms with van der Waals surface area (Å²) >= 11 is 0. The smallest absolute Gasteiger partial charge is 0.0986 e. The van der Waals surface area contributed by atoms with Crippen molar-refractivity contribution < 1.29 is 5.11 Å². The average Bonchev–Trinajstić information content (AvgIpc) is 2.56. The van der Waals surface area contributed by atoms with Crippen molar-refractivity contribution in [1.82, 2.24) is 4.90 Å². The van der Waals surface area contributed by atoms with Crippen LogP contribution in [-0.4, -0.2) is 23.1 Å². The number of hydrogen-bond acceptors (Lipinski definition) is 2. The first kappa shape index (κ1) is 15.7. The number of hydrogen-bond donors (Lipinski definition) is 1. The summed E-state index contributed by atoms with van der Waals surface area (Å²) in [6, 6.07) is 20.5. The van der Waals surface area contributed by atoms with Crippen molar-refractivity contribution in [3.05, 3.63) is 71.8 Å². The second kappa shape index (κ2) is 7.39. The summed E-state index contributed by atoms with van der Waals surface area (Å²) in [5.74, 6) is 0. The Morgan fingerprint density at radius 2 is 1.38 bits per heavy atom. The Kier molecular flexibility index (Phi) is 5.54. The molecule has 0 fully saturated rings. The number of nitrogens with zero attached hydrogens (tertiary/aromatic N) is 1. The van der Waals surface area contributed by atoms with E-state index >= 15 is 0 Å². The van der Waals surface area contributed by atoms with E-state index in [0.717, 1.165) is 17.5 Å². The minimum Gasteiger partial charge on any atom is -0.386 e. The number of likely N-dealkylation sites (N-methyl/N-ethyl adjacent to an activating group) is 1. The van der Waals surface area contributed by atoms with Crippen LogP contribution in [0, 0.1) is 0 Å². The maximum atomic E-state index is 10.9. The molecule has 2 rings (SSSR count). The van der Waals surface area contributed by atoms with Crippen molar-refractivity contribution >= 4 is 0 Å². The summed E-state index contributed by atoms with van der Waals surface area (Å²) in [6.07, 6.45) is 0.522. The lowest BCUT2D eigenvalue weighted by molar-refractivity contribution is 0.0413. The molecule has 2 aromatic rings. The van der Waals surface area contributed by atoms with Gasteiger partial charge in [0.15, 0.2) is 0 Å². The SMILES string of the molecule is CCC(C)N(C)C(c1ccccc1)C(O)c1ccccc1. The Morgan fingerprint density at radius 1 is 0.905 bits per heavy atom. The van der Waals surface area contributed by atoms with Gasteiger partial charge in [0.2, 0.25) is 0 Å². The lowest BCUT2D eigenvalue weighted by Crippen LogP contribution is -2.36. The Morgan fingerprint density at radius 3 is 1.86 bits per heavy atom. The molecule has 21 heavy (non-hydrogen) atoms. The quantitative estimate of drug-likeness (QED) is 0.859. The molecule has 1 N–H and O–H groups in total. The van der Waals surface area contributed by atoms with Crippen LogP contribution in [0.5, 0.6) is 0 Å². The molecule has 0 bridgehead atoms. The van der Waals surface area contributed by atoms with E-state index in [2.05, 4.69) is 37.9 Å². The van der Waals surface area contributed by atoms with E-state index in [1.54, 1.807) is 0 Å². The van der Waals surface area contributed by atoms with E-state index in [0.29, 0.717) is 6.04 Å². The highest BCUT2D eigenvalue weighted by molar-refractivity contribution is 5.26. The van der Waals surface area contributed by atoms with E-state index in [9.17, 15) is 5.11 Å². The molecule has 0 radical (unpaired) electrons. The summed E-state index contributed by atoms with van der Waals surface area (Å²) in [5, 5.41) is 10.9.